The summed E-state index contributed by atoms with van der Waals surface area (Å²) in [6.45, 7) is 4.12. The van der Waals surface area contributed by atoms with Gasteiger partial charge in [0.2, 0.25) is 11.9 Å². The Balaban J connectivity index is 1.74. The van der Waals surface area contributed by atoms with Crippen molar-refractivity contribution >= 4 is 11.9 Å². The van der Waals surface area contributed by atoms with Gasteiger partial charge >= 0.3 is 0 Å². The highest BCUT2D eigenvalue weighted by atomic mass is 16.5. The molecule has 1 atom stereocenters. The normalized spacial score (nSPS) is 11.9. The van der Waals surface area contributed by atoms with E-state index in [1.807, 2.05) is 37.3 Å². The zero-order chi connectivity index (χ0) is 14.4. The Kier molecular flexibility index (Phi) is 4.70. The number of nitrogens with zero attached hydrogens (tertiary/aromatic N) is 2. The van der Waals surface area contributed by atoms with Crippen LogP contribution in [0.1, 0.15) is 19.2 Å². The highest BCUT2D eigenvalue weighted by Crippen LogP contribution is 2.11. The molecule has 6 heteroatoms. The maximum absolute atomic E-state index is 11.9. The number of hydrogen-bond donors (Lipinski definition) is 2. The second kappa shape index (κ2) is 6.70. The second-order valence-electron chi connectivity index (χ2n) is 4.58. The average molecular weight is 274 g/mol. The van der Waals surface area contributed by atoms with Gasteiger partial charge in [0.05, 0.1) is 6.61 Å². The van der Waals surface area contributed by atoms with E-state index in [0.29, 0.717) is 24.8 Å². The summed E-state index contributed by atoms with van der Waals surface area (Å²) in [6, 6.07) is 9.54. The van der Waals surface area contributed by atoms with Crippen molar-refractivity contribution in [2.45, 2.75) is 20.3 Å². The summed E-state index contributed by atoms with van der Waals surface area (Å²) in [6.07, 6.45) is 0.629. The summed E-state index contributed by atoms with van der Waals surface area (Å²) in [5.41, 5.74) is 0. The number of carbonyl (C=O) groups excluding carboxylic acids is 1. The van der Waals surface area contributed by atoms with E-state index in [1.54, 1.807) is 6.92 Å². The van der Waals surface area contributed by atoms with Gasteiger partial charge in [-0.3, -0.25) is 15.2 Å². The van der Waals surface area contributed by atoms with E-state index < -0.39 is 0 Å². The molecule has 2 aromatic rings. The van der Waals surface area contributed by atoms with Crippen LogP contribution in [0.25, 0.3) is 0 Å². The topological polar surface area (TPSA) is 79.9 Å². The van der Waals surface area contributed by atoms with Crippen molar-refractivity contribution in [3.8, 4) is 5.75 Å². The molecule has 2 N–H and O–H groups in total. The van der Waals surface area contributed by atoms with E-state index in [-0.39, 0.29) is 11.8 Å². The van der Waals surface area contributed by atoms with Gasteiger partial charge in [-0.25, -0.2) is 0 Å². The molecule has 20 heavy (non-hydrogen) atoms. The number of nitrogens with one attached hydrogen (secondary N) is 2. The Morgan fingerprint density at radius 3 is 2.80 bits per heavy atom. The van der Waals surface area contributed by atoms with E-state index in [0.717, 1.165) is 5.75 Å². The first kappa shape index (κ1) is 14.0. The summed E-state index contributed by atoms with van der Waals surface area (Å²) in [5.74, 6) is 1.51. The quantitative estimate of drug-likeness (QED) is 0.846. The molecule has 0 aliphatic heterocycles. The molecular weight excluding hydrogens is 256 g/mol. The lowest BCUT2D eigenvalue weighted by Crippen LogP contribution is -2.22. The van der Waals surface area contributed by atoms with E-state index in [9.17, 15) is 4.79 Å². The van der Waals surface area contributed by atoms with Gasteiger partial charge in [0.25, 0.3) is 0 Å². The Bertz CT molecular complexity index is 553. The van der Waals surface area contributed by atoms with E-state index >= 15 is 0 Å². The number of amides is 1. The van der Waals surface area contributed by atoms with Gasteiger partial charge in [-0.1, -0.05) is 25.1 Å². The molecule has 0 aliphatic carbocycles. The molecule has 0 radical (unpaired) electrons. The predicted octanol–water partition coefficient (Wildman–Crippen LogP) is 2.16. The second-order valence-corrected chi connectivity index (χ2v) is 4.58. The van der Waals surface area contributed by atoms with Crippen LogP contribution in [-0.4, -0.2) is 27.7 Å². The first-order chi connectivity index (χ1) is 9.65. The van der Waals surface area contributed by atoms with Gasteiger partial charge in [0, 0.05) is 5.92 Å². The van der Waals surface area contributed by atoms with Crippen molar-refractivity contribution in [1.82, 2.24) is 15.2 Å². The van der Waals surface area contributed by atoms with Crippen molar-refractivity contribution in [3.05, 3.63) is 36.2 Å². The Hall–Kier alpha value is -2.37. The number of ether oxygens (including phenoxy) is 1. The van der Waals surface area contributed by atoms with Crippen LogP contribution in [0.2, 0.25) is 0 Å². The molecule has 1 aromatic heterocycles. The third kappa shape index (κ3) is 4.08. The van der Waals surface area contributed by atoms with E-state index in [2.05, 4.69) is 20.5 Å². The van der Waals surface area contributed by atoms with Gasteiger partial charge in [0.15, 0.2) is 0 Å². The largest absolute Gasteiger partial charge is 0.494 e. The maximum atomic E-state index is 11.9. The minimum absolute atomic E-state index is 0.110. The SMILES string of the molecule is Cc1nc(NC(=O)C(C)CCOc2ccccc2)n[nH]1. The zero-order valence-corrected chi connectivity index (χ0v) is 11.6. The van der Waals surface area contributed by atoms with Crippen LogP contribution in [0.3, 0.4) is 0 Å². The van der Waals surface area contributed by atoms with Crippen LogP contribution in [0.5, 0.6) is 5.75 Å². The van der Waals surface area contributed by atoms with Crippen molar-refractivity contribution in [1.29, 1.82) is 0 Å². The summed E-state index contributed by atoms with van der Waals surface area (Å²) in [5, 5.41) is 9.21. The molecule has 0 aliphatic rings. The molecule has 1 unspecified atom stereocenters. The standard InChI is InChI=1S/C14H18N4O2/c1-10(8-9-20-12-6-4-3-5-7-12)13(19)16-14-15-11(2)17-18-14/h3-7,10H,8-9H2,1-2H3,(H2,15,16,17,18,19). The maximum Gasteiger partial charge on any atom is 0.248 e. The number of aromatic amines is 1. The minimum Gasteiger partial charge on any atom is -0.494 e. The lowest BCUT2D eigenvalue weighted by Gasteiger charge is -2.11. The molecule has 0 bridgehead atoms. The van der Waals surface area contributed by atoms with Crippen molar-refractivity contribution in [3.63, 3.8) is 0 Å². The Morgan fingerprint density at radius 1 is 1.40 bits per heavy atom. The fourth-order valence-corrected chi connectivity index (χ4v) is 1.63. The number of anilines is 1. The van der Waals surface area contributed by atoms with Gasteiger partial charge in [0.1, 0.15) is 11.6 Å². The van der Waals surface area contributed by atoms with Crippen LogP contribution >= 0.6 is 0 Å². The number of benzene rings is 1. The highest BCUT2D eigenvalue weighted by Gasteiger charge is 2.14. The predicted molar refractivity (Wildman–Crippen MR) is 75.5 cm³/mol. The minimum atomic E-state index is -0.169. The molecule has 0 fully saturated rings. The molecule has 1 heterocycles. The fraction of sp³-hybridized carbons (Fsp3) is 0.357. The average Bonchev–Trinajstić information content (AvgIpc) is 2.85. The molecule has 106 valence electrons. The molecule has 1 amide bonds. The third-order valence-electron chi connectivity index (χ3n) is 2.84. The van der Waals surface area contributed by atoms with Crippen LogP contribution < -0.4 is 10.1 Å². The van der Waals surface area contributed by atoms with Crippen molar-refractivity contribution < 1.29 is 9.53 Å². The molecule has 2 rings (SSSR count). The van der Waals surface area contributed by atoms with E-state index in [1.165, 1.54) is 0 Å². The van der Waals surface area contributed by atoms with Gasteiger partial charge < -0.3 is 4.74 Å². The van der Waals surface area contributed by atoms with Crippen LogP contribution in [0.4, 0.5) is 5.95 Å². The highest BCUT2D eigenvalue weighted by molar-refractivity contribution is 5.90. The summed E-state index contributed by atoms with van der Waals surface area (Å²) in [4.78, 5) is 15.9. The van der Waals surface area contributed by atoms with Crippen LogP contribution in [0.15, 0.2) is 30.3 Å². The molecule has 0 spiro atoms. The fourth-order valence-electron chi connectivity index (χ4n) is 1.63. The first-order valence-corrected chi connectivity index (χ1v) is 6.53. The number of H-pyrrole nitrogens is 1. The molecule has 0 saturated carbocycles. The first-order valence-electron chi connectivity index (χ1n) is 6.53. The monoisotopic (exact) mass is 274 g/mol. The third-order valence-corrected chi connectivity index (χ3v) is 2.84. The summed E-state index contributed by atoms with van der Waals surface area (Å²) >= 11 is 0. The Morgan fingerprint density at radius 2 is 2.15 bits per heavy atom. The van der Waals surface area contributed by atoms with E-state index in [4.69, 9.17) is 4.74 Å². The van der Waals surface area contributed by atoms with Gasteiger partial charge in [-0.15, -0.1) is 5.10 Å². The Labute approximate surface area is 117 Å². The number of rotatable bonds is 6. The zero-order valence-electron chi connectivity index (χ0n) is 11.6. The summed E-state index contributed by atoms with van der Waals surface area (Å²) in [7, 11) is 0. The number of hydrogen-bond acceptors (Lipinski definition) is 4. The van der Waals surface area contributed by atoms with Crippen molar-refractivity contribution in [2.75, 3.05) is 11.9 Å². The number of aromatic nitrogens is 3. The number of para-hydroxylation sites is 1. The molecule has 0 saturated heterocycles. The van der Waals surface area contributed by atoms with Crippen molar-refractivity contribution in [2.24, 2.45) is 5.92 Å². The van der Waals surface area contributed by atoms with Crippen LogP contribution in [0, 0.1) is 12.8 Å². The van der Waals surface area contributed by atoms with Gasteiger partial charge in [-0.05, 0) is 25.5 Å². The number of carbonyl (C=O) groups is 1. The lowest BCUT2D eigenvalue weighted by atomic mass is 10.1. The lowest BCUT2D eigenvalue weighted by molar-refractivity contribution is -0.119. The molecular formula is C14H18N4O2. The molecule has 6 nitrogen and oxygen atoms in total. The smallest absolute Gasteiger partial charge is 0.248 e. The van der Waals surface area contributed by atoms with Crippen LogP contribution in [-0.2, 0) is 4.79 Å². The molecule has 1 aromatic carbocycles. The van der Waals surface area contributed by atoms with Gasteiger partial charge in [-0.2, -0.15) is 4.98 Å². The summed E-state index contributed by atoms with van der Waals surface area (Å²) < 4.78 is 5.56. The number of aryl methyl sites for hydroxylation is 1.